The van der Waals surface area contributed by atoms with Crippen LogP contribution in [0.25, 0.3) is 16.7 Å². The summed E-state index contributed by atoms with van der Waals surface area (Å²) >= 11 is 0. The monoisotopic (exact) mass is 461 g/mol. The summed E-state index contributed by atoms with van der Waals surface area (Å²) in [6.07, 6.45) is -2.07. The first kappa shape index (κ1) is 22.6. The summed E-state index contributed by atoms with van der Waals surface area (Å²) in [7, 11) is 0. The lowest BCUT2D eigenvalue weighted by Crippen LogP contribution is -2.38. The highest BCUT2D eigenvalue weighted by molar-refractivity contribution is 5.96. The van der Waals surface area contributed by atoms with E-state index in [1.165, 1.54) is 28.9 Å². The molecule has 1 aliphatic heterocycles. The molecule has 0 bridgehead atoms. The summed E-state index contributed by atoms with van der Waals surface area (Å²) in [5, 5.41) is 15.4. The first-order valence-electron chi connectivity index (χ1n) is 10.3. The molecule has 0 spiro atoms. The third-order valence-electron chi connectivity index (χ3n) is 5.40. The van der Waals surface area contributed by atoms with E-state index in [1.807, 2.05) is 11.0 Å². The fourth-order valence-corrected chi connectivity index (χ4v) is 3.92. The maximum absolute atomic E-state index is 12.5. The number of rotatable bonds is 6. The average molecular weight is 461 g/mol. The number of piperidine rings is 1. The molecule has 1 amide bonds. The van der Waals surface area contributed by atoms with Crippen molar-refractivity contribution in [3.63, 3.8) is 0 Å². The van der Waals surface area contributed by atoms with E-state index in [9.17, 15) is 23.1 Å². The maximum Gasteiger partial charge on any atom is 0.573 e. The van der Waals surface area contributed by atoms with Gasteiger partial charge in [-0.25, -0.2) is 9.67 Å². The molecule has 3 N–H and O–H groups in total. The average Bonchev–Trinajstić information content (AvgIpc) is 3.11. The van der Waals surface area contributed by atoms with Gasteiger partial charge in [0.15, 0.2) is 5.65 Å². The lowest BCUT2D eigenvalue weighted by Gasteiger charge is -2.32. The molecule has 1 saturated heterocycles. The predicted molar refractivity (Wildman–Crippen MR) is 115 cm³/mol. The molecule has 3 heterocycles. The Morgan fingerprint density at radius 2 is 2.00 bits per heavy atom. The topological polar surface area (TPSA) is 106 Å². The molecule has 0 unspecified atom stereocenters. The van der Waals surface area contributed by atoms with Crippen molar-refractivity contribution < 1.29 is 27.8 Å². The molecule has 174 valence electrons. The molecule has 0 radical (unpaired) electrons. The second-order valence-electron chi connectivity index (χ2n) is 7.82. The second-order valence-corrected chi connectivity index (χ2v) is 7.82. The number of amides is 1. The van der Waals surface area contributed by atoms with Gasteiger partial charge in [0.05, 0.1) is 28.6 Å². The van der Waals surface area contributed by atoms with Gasteiger partial charge in [0.25, 0.3) is 0 Å². The van der Waals surface area contributed by atoms with E-state index in [2.05, 4.69) is 21.4 Å². The van der Waals surface area contributed by atoms with Gasteiger partial charge in [0, 0.05) is 31.3 Å². The molecule has 4 rings (SSSR count). The lowest BCUT2D eigenvalue weighted by atomic mass is 10.0. The summed E-state index contributed by atoms with van der Waals surface area (Å²) in [6.45, 7) is 4.88. The Morgan fingerprint density at radius 1 is 1.27 bits per heavy atom. The number of benzene rings is 1. The van der Waals surface area contributed by atoms with E-state index in [0.717, 1.165) is 18.7 Å². The first-order chi connectivity index (χ1) is 15.6. The van der Waals surface area contributed by atoms with Crippen molar-refractivity contribution in [2.24, 2.45) is 5.73 Å². The van der Waals surface area contributed by atoms with Gasteiger partial charge in [-0.1, -0.05) is 6.58 Å². The summed E-state index contributed by atoms with van der Waals surface area (Å²) in [6, 6.07) is 7.04. The molecular formula is C22H22F3N5O3. The van der Waals surface area contributed by atoms with Crippen molar-refractivity contribution in [3.05, 3.63) is 54.4 Å². The number of primary amides is 1. The number of anilines is 1. The molecule has 1 aliphatic rings. The highest BCUT2D eigenvalue weighted by Gasteiger charge is 2.31. The van der Waals surface area contributed by atoms with Crippen LogP contribution in [-0.4, -0.2) is 51.3 Å². The molecule has 11 heteroatoms. The van der Waals surface area contributed by atoms with Crippen molar-refractivity contribution >= 4 is 22.6 Å². The number of aromatic nitrogens is 3. The number of fused-ring (bicyclic) bond motifs is 1. The number of carbonyl (C=O) groups is 1. The summed E-state index contributed by atoms with van der Waals surface area (Å²) < 4.78 is 42.9. The number of pyridine rings is 1. The number of ether oxygens (including phenoxy) is 1. The molecular weight excluding hydrogens is 439 g/mol. The van der Waals surface area contributed by atoms with Gasteiger partial charge in [0.1, 0.15) is 5.75 Å². The maximum atomic E-state index is 12.5. The van der Waals surface area contributed by atoms with Crippen molar-refractivity contribution in [2.75, 3.05) is 18.0 Å². The Kier molecular flexibility index (Phi) is 5.98. The number of carbonyl (C=O) groups excluding carboxylic acids is 1. The lowest BCUT2D eigenvalue weighted by molar-refractivity contribution is -0.274. The van der Waals surface area contributed by atoms with Crippen LogP contribution in [-0.2, 0) is 11.2 Å². The van der Waals surface area contributed by atoms with Crippen molar-refractivity contribution in [1.29, 1.82) is 0 Å². The number of aliphatic hydroxyl groups is 1. The van der Waals surface area contributed by atoms with Crippen molar-refractivity contribution in [3.8, 4) is 11.4 Å². The Bertz CT molecular complexity index is 1190. The molecule has 1 aromatic carbocycles. The summed E-state index contributed by atoms with van der Waals surface area (Å²) in [4.78, 5) is 18.1. The van der Waals surface area contributed by atoms with Crippen LogP contribution in [0.15, 0.2) is 48.7 Å². The number of aliphatic hydroxyl groups excluding tert-OH is 1. The SMILES string of the molecule is C=C(Cc1nn(-c2ccc(OC(F)(F)F)cc2)c2nccc(N3CCC[C@@H](O)C3)c12)C(N)=O. The third-order valence-corrected chi connectivity index (χ3v) is 5.40. The number of β-amino-alcohol motifs (C(OH)–C–C–N with tert-alkyl or cyclic N) is 1. The van der Waals surface area contributed by atoms with Crippen LogP contribution >= 0.6 is 0 Å². The zero-order valence-electron chi connectivity index (χ0n) is 17.5. The number of hydrogen-bond acceptors (Lipinski definition) is 6. The van der Waals surface area contributed by atoms with Gasteiger partial charge in [-0.05, 0) is 43.2 Å². The van der Waals surface area contributed by atoms with Gasteiger partial charge in [-0.2, -0.15) is 5.10 Å². The quantitative estimate of drug-likeness (QED) is 0.547. The van der Waals surface area contributed by atoms with E-state index in [0.29, 0.717) is 35.4 Å². The van der Waals surface area contributed by atoms with Gasteiger partial charge in [-0.3, -0.25) is 4.79 Å². The Hall–Kier alpha value is -3.60. The van der Waals surface area contributed by atoms with Crippen LogP contribution in [0.5, 0.6) is 5.75 Å². The predicted octanol–water partition coefficient (Wildman–Crippen LogP) is 2.86. The minimum absolute atomic E-state index is 0.0726. The zero-order valence-corrected chi connectivity index (χ0v) is 17.5. The van der Waals surface area contributed by atoms with Crippen molar-refractivity contribution in [1.82, 2.24) is 14.8 Å². The largest absolute Gasteiger partial charge is 0.573 e. The van der Waals surface area contributed by atoms with Crippen molar-refractivity contribution in [2.45, 2.75) is 31.7 Å². The van der Waals surface area contributed by atoms with E-state index in [1.54, 1.807) is 6.20 Å². The molecule has 0 saturated carbocycles. The van der Waals surface area contributed by atoms with E-state index >= 15 is 0 Å². The van der Waals surface area contributed by atoms with E-state index in [4.69, 9.17) is 5.73 Å². The minimum atomic E-state index is -4.79. The van der Waals surface area contributed by atoms with Crippen LogP contribution in [0, 0.1) is 0 Å². The highest BCUT2D eigenvalue weighted by atomic mass is 19.4. The number of halogens is 3. The van der Waals surface area contributed by atoms with Gasteiger partial charge in [0.2, 0.25) is 5.91 Å². The Morgan fingerprint density at radius 3 is 2.64 bits per heavy atom. The zero-order chi connectivity index (χ0) is 23.8. The molecule has 0 aliphatic carbocycles. The molecule has 1 fully saturated rings. The number of nitrogens with two attached hydrogens (primary N) is 1. The minimum Gasteiger partial charge on any atom is -0.406 e. The standard InChI is InChI=1S/C22H22F3N5O3/c1-13(20(26)32)11-17-19-18(29-10-2-3-15(31)12-29)8-9-27-21(19)30(28-17)14-4-6-16(7-5-14)33-22(23,24)25/h4-9,15,31H,1-3,10-12H2,(H2,26,32)/t15-/m1/s1. The summed E-state index contributed by atoms with van der Waals surface area (Å²) in [5.74, 6) is -1.02. The van der Waals surface area contributed by atoms with Gasteiger partial charge >= 0.3 is 6.36 Å². The molecule has 1 atom stereocenters. The normalized spacial score (nSPS) is 16.7. The van der Waals surface area contributed by atoms with Crippen LogP contribution in [0.2, 0.25) is 0 Å². The van der Waals surface area contributed by atoms with Crippen LogP contribution in [0.3, 0.4) is 0 Å². The molecule has 33 heavy (non-hydrogen) atoms. The second kappa shape index (κ2) is 8.74. The highest BCUT2D eigenvalue weighted by Crippen LogP contribution is 2.33. The number of nitrogens with zero attached hydrogens (tertiary/aromatic N) is 4. The van der Waals surface area contributed by atoms with Crippen LogP contribution in [0.1, 0.15) is 18.5 Å². The molecule has 2 aromatic heterocycles. The van der Waals surface area contributed by atoms with E-state index in [-0.39, 0.29) is 17.7 Å². The Labute approximate surface area is 187 Å². The molecule has 8 nitrogen and oxygen atoms in total. The fourth-order valence-electron chi connectivity index (χ4n) is 3.92. The van der Waals surface area contributed by atoms with Crippen LogP contribution < -0.4 is 15.4 Å². The number of alkyl halides is 3. The Balaban J connectivity index is 1.81. The van der Waals surface area contributed by atoms with Gasteiger partial charge < -0.3 is 20.5 Å². The smallest absolute Gasteiger partial charge is 0.406 e. The van der Waals surface area contributed by atoms with E-state index < -0.39 is 18.4 Å². The fraction of sp³-hybridized carbons (Fsp3) is 0.318. The number of hydrogen-bond donors (Lipinski definition) is 2. The first-order valence-corrected chi connectivity index (χ1v) is 10.3. The molecule has 3 aromatic rings. The van der Waals surface area contributed by atoms with Crippen LogP contribution in [0.4, 0.5) is 18.9 Å². The third kappa shape index (κ3) is 4.92. The summed E-state index contributed by atoms with van der Waals surface area (Å²) in [5.41, 5.74) is 7.71. The van der Waals surface area contributed by atoms with Gasteiger partial charge in [-0.15, -0.1) is 13.2 Å².